The van der Waals surface area contributed by atoms with E-state index in [1.807, 2.05) is 0 Å². The molecule has 1 aromatic heterocycles. The van der Waals surface area contributed by atoms with E-state index in [-0.39, 0.29) is 11.4 Å². The Morgan fingerprint density at radius 1 is 1.26 bits per heavy atom. The van der Waals surface area contributed by atoms with Crippen molar-refractivity contribution in [2.75, 3.05) is 18.8 Å². The normalized spacial score (nSPS) is 24.6. The van der Waals surface area contributed by atoms with Crippen molar-refractivity contribution >= 4 is 5.82 Å². The highest BCUT2D eigenvalue weighted by Gasteiger charge is 2.23. The monoisotopic (exact) mass is 266 g/mol. The van der Waals surface area contributed by atoms with E-state index in [2.05, 4.69) is 23.7 Å². The molecule has 1 aliphatic rings. The Hall–Kier alpha value is -1.56. The highest BCUT2D eigenvalue weighted by atomic mass is 16.2. The largest absolute Gasteiger partial charge is 0.385 e. The molecular formula is C13H22N4O2. The van der Waals surface area contributed by atoms with Crippen LogP contribution in [-0.4, -0.2) is 27.5 Å². The maximum atomic E-state index is 11.9. The van der Waals surface area contributed by atoms with E-state index in [1.165, 1.54) is 11.0 Å². The number of nitrogens with zero attached hydrogens (tertiary/aromatic N) is 2. The summed E-state index contributed by atoms with van der Waals surface area (Å²) >= 11 is 0. The van der Waals surface area contributed by atoms with Gasteiger partial charge in [0.05, 0.1) is 5.56 Å². The Bertz CT molecular complexity index is 565. The molecule has 2 heterocycles. The van der Waals surface area contributed by atoms with E-state index >= 15 is 0 Å². The van der Waals surface area contributed by atoms with Gasteiger partial charge in [-0.2, -0.15) is 0 Å². The smallest absolute Gasteiger partial charge is 0.329 e. The summed E-state index contributed by atoms with van der Waals surface area (Å²) < 4.78 is 1.29. The van der Waals surface area contributed by atoms with Crippen LogP contribution < -0.4 is 17.0 Å². The van der Waals surface area contributed by atoms with Crippen molar-refractivity contribution < 1.29 is 0 Å². The van der Waals surface area contributed by atoms with Crippen LogP contribution in [0.1, 0.15) is 25.8 Å². The van der Waals surface area contributed by atoms with Gasteiger partial charge in [-0.3, -0.25) is 19.2 Å². The van der Waals surface area contributed by atoms with Crippen molar-refractivity contribution in [2.45, 2.75) is 26.8 Å². The number of nitrogen functional groups attached to an aromatic ring is 1. The van der Waals surface area contributed by atoms with E-state index in [9.17, 15) is 9.59 Å². The number of nitrogens with one attached hydrogen (secondary N) is 1. The quantitative estimate of drug-likeness (QED) is 0.797. The zero-order valence-electron chi connectivity index (χ0n) is 11.8. The minimum absolute atomic E-state index is 0.264. The third-order valence-corrected chi connectivity index (χ3v) is 3.80. The molecule has 2 atom stereocenters. The van der Waals surface area contributed by atoms with E-state index in [1.54, 1.807) is 7.05 Å². The fourth-order valence-corrected chi connectivity index (χ4v) is 2.98. The molecule has 0 bridgehead atoms. The molecule has 1 aliphatic heterocycles. The van der Waals surface area contributed by atoms with Gasteiger partial charge >= 0.3 is 5.69 Å². The van der Waals surface area contributed by atoms with Crippen molar-refractivity contribution in [1.82, 2.24) is 14.5 Å². The Morgan fingerprint density at radius 3 is 2.42 bits per heavy atom. The fraction of sp³-hybridized carbons (Fsp3) is 0.692. The van der Waals surface area contributed by atoms with Gasteiger partial charge in [-0.25, -0.2) is 4.79 Å². The maximum Gasteiger partial charge on any atom is 0.329 e. The van der Waals surface area contributed by atoms with Crippen LogP contribution in [0.2, 0.25) is 0 Å². The van der Waals surface area contributed by atoms with Crippen LogP contribution >= 0.6 is 0 Å². The molecule has 0 aromatic carbocycles. The summed E-state index contributed by atoms with van der Waals surface area (Å²) in [5, 5.41) is 0. The first kappa shape index (κ1) is 13.9. The molecule has 1 aromatic rings. The van der Waals surface area contributed by atoms with Crippen LogP contribution in [0, 0.1) is 11.8 Å². The van der Waals surface area contributed by atoms with Crippen molar-refractivity contribution in [2.24, 2.45) is 18.9 Å². The van der Waals surface area contributed by atoms with Crippen molar-refractivity contribution in [3.05, 3.63) is 26.4 Å². The lowest BCUT2D eigenvalue weighted by molar-refractivity contribution is 0.134. The third kappa shape index (κ3) is 2.89. The van der Waals surface area contributed by atoms with Gasteiger partial charge in [-0.1, -0.05) is 13.8 Å². The Morgan fingerprint density at radius 2 is 1.84 bits per heavy atom. The molecule has 0 aliphatic carbocycles. The van der Waals surface area contributed by atoms with Gasteiger partial charge in [-0.05, 0) is 18.3 Å². The minimum atomic E-state index is -0.466. The predicted molar refractivity (Wildman–Crippen MR) is 74.9 cm³/mol. The van der Waals surface area contributed by atoms with E-state index in [4.69, 9.17) is 5.73 Å². The summed E-state index contributed by atoms with van der Waals surface area (Å²) in [5.41, 5.74) is 5.54. The van der Waals surface area contributed by atoms with Crippen LogP contribution in [0.25, 0.3) is 0 Å². The number of hydrogen-bond acceptors (Lipinski definition) is 4. The van der Waals surface area contributed by atoms with Gasteiger partial charge in [0, 0.05) is 26.7 Å². The van der Waals surface area contributed by atoms with Crippen LogP contribution in [-0.2, 0) is 13.6 Å². The van der Waals surface area contributed by atoms with Gasteiger partial charge in [0.1, 0.15) is 5.82 Å². The first-order chi connectivity index (χ1) is 8.88. The zero-order chi connectivity index (χ0) is 14.2. The zero-order valence-corrected chi connectivity index (χ0v) is 11.8. The first-order valence-electron chi connectivity index (χ1n) is 6.68. The molecule has 1 saturated heterocycles. The van der Waals surface area contributed by atoms with Gasteiger partial charge in [0.25, 0.3) is 5.56 Å². The number of piperidine rings is 1. The number of rotatable bonds is 2. The maximum absolute atomic E-state index is 11.9. The Labute approximate surface area is 112 Å². The van der Waals surface area contributed by atoms with Gasteiger partial charge < -0.3 is 5.73 Å². The van der Waals surface area contributed by atoms with Crippen molar-refractivity contribution in [3.8, 4) is 0 Å². The molecule has 19 heavy (non-hydrogen) atoms. The number of aromatic amines is 1. The summed E-state index contributed by atoms with van der Waals surface area (Å²) in [4.78, 5) is 27.8. The second-order valence-electron chi connectivity index (χ2n) is 5.82. The van der Waals surface area contributed by atoms with Crippen LogP contribution in [0.3, 0.4) is 0 Å². The molecule has 0 spiro atoms. The van der Waals surface area contributed by atoms with E-state index < -0.39 is 5.69 Å². The summed E-state index contributed by atoms with van der Waals surface area (Å²) in [6.45, 7) is 6.87. The molecular weight excluding hydrogens is 244 g/mol. The Kier molecular flexibility index (Phi) is 3.80. The summed E-state index contributed by atoms with van der Waals surface area (Å²) in [5.74, 6) is 1.51. The molecule has 0 unspecified atom stereocenters. The topological polar surface area (TPSA) is 84.1 Å². The lowest BCUT2D eigenvalue weighted by Crippen LogP contribution is -2.41. The van der Waals surface area contributed by atoms with Gasteiger partial charge in [-0.15, -0.1) is 0 Å². The number of aromatic nitrogens is 2. The number of likely N-dealkylation sites (tertiary alicyclic amines) is 1. The number of hydrogen-bond donors (Lipinski definition) is 2. The average molecular weight is 266 g/mol. The van der Waals surface area contributed by atoms with Gasteiger partial charge in [0.15, 0.2) is 0 Å². The summed E-state index contributed by atoms with van der Waals surface area (Å²) in [7, 11) is 1.57. The minimum Gasteiger partial charge on any atom is -0.385 e. The fourth-order valence-electron chi connectivity index (χ4n) is 2.98. The second-order valence-corrected chi connectivity index (χ2v) is 5.82. The molecule has 2 rings (SSSR count). The number of nitrogens with two attached hydrogens (primary N) is 1. The molecule has 0 radical (unpaired) electrons. The molecule has 3 N–H and O–H groups in total. The first-order valence-corrected chi connectivity index (χ1v) is 6.68. The number of anilines is 1. The van der Waals surface area contributed by atoms with E-state index in [0.29, 0.717) is 23.9 Å². The van der Waals surface area contributed by atoms with Crippen molar-refractivity contribution in [1.29, 1.82) is 0 Å². The summed E-state index contributed by atoms with van der Waals surface area (Å²) in [6, 6.07) is 0. The molecule has 106 valence electrons. The summed E-state index contributed by atoms with van der Waals surface area (Å²) in [6.07, 6.45) is 1.22. The molecule has 6 nitrogen and oxygen atoms in total. The van der Waals surface area contributed by atoms with E-state index in [0.717, 1.165) is 13.1 Å². The standard InChI is InChI=1S/C13H22N4O2/c1-8-4-9(2)6-17(5-8)7-10-11(14)16(3)13(19)15-12(10)18/h8-9H,4-7,14H2,1-3H3,(H,15,18,19)/t8-,9-/m1/s1. The van der Waals surface area contributed by atoms with Crippen LogP contribution in [0.4, 0.5) is 5.82 Å². The molecule has 1 fully saturated rings. The molecule has 0 saturated carbocycles. The molecule has 6 heteroatoms. The SMILES string of the molecule is C[C@@H]1C[C@@H](C)CN(Cc2c(N)n(C)c(=O)[nH]c2=O)C1. The lowest BCUT2D eigenvalue weighted by Gasteiger charge is -2.34. The predicted octanol–water partition coefficient (Wildman–Crippen LogP) is 0.134. The Balaban J connectivity index is 2.27. The van der Waals surface area contributed by atoms with Crippen LogP contribution in [0.15, 0.2) is 9.59 Å². The highest BCUT2D eigenvalue weighted by Crippen LogP contribution is 2.22. The third-order valence-electron chi connectivity index (χ3n) is 3.80. The lowest BCUT2D eigenvalue weighted by atomic mass is 9.92. The van der Waals surface area contributed by atoms with Gasteiger partial charge in [0.2, 0.25) is 0 Å². The second kappa shape index (κ2) is 5.21. The molecule has 0 amide bonds. The highest BCUT2D eigenvalue weighted by molar-refractivity contribution is 5.37. The van der Waals surface area contributed by atoms with Crippen molar-refractivity contribution in [3.63, 3.8) is 0 Å². The number of H-pyrrole nitrogens is 1. The average Bonchev–Trinajstić information content (AvgIpc) is 2.31. The van der Waals surface area contributed by atoms with Crippen LogP contribution in [0.5, 0.6) is 0 Å².